The van der Waals surface area contributed by atoms with Gasteiger partial charge >= 0.3 is 0 Å². The highest BCUT2D eigenvalue weighted by atomic mass is 16.5. The largest absolute Gasteiger partial charge is 0.497 e. The summed E-state index contributed by atoms with van der Waals surface area (Å²) in [6, 6.07) is 17.2. The van der Waals surface area contributed by atoms with Gasteiger partial charge in [0.05, 0.1) is 26.4 Å². The second-order valence-corrected chi connectivity index (χ2v) is 5.71. The Morgan fingerprint density at radius 1 is 0.885 bits per heavy atom. The number of aromatic nitrogens is 1. The Labute approximate surface area is 152 Å². The molecule has 0 amide bonds. The van der Waals surface area contributed by atoms with E-state index in [1.54, 1.807) is 20.4 Å². The first-order valence-corrected chi connectivity index (χ1v) is 8.23. The predicted octanol–water partition coefficient (Wildman–Crippen LogP) is 3.84. The molecule has 3 rings (SSSR count). The van der Waals surface area contributed by atoms with E-state index in [-0.39, 0.29) is 6.61 Å². The molecule has 0 aliphatic rings. The van der Waals surface area contributed by atoms with Gasteiger partial charge in [-0.1, -0.05) is 24.3 Å². The molecule has 134 valence electrons. The van der Waals surface area contributed by atoms with Crippen LogP contribution in [0.25, 0.3) is 11.1 Å². The minimum Gasteiger partial charge on any atom is -0.497 e. The van der Waals surface area contributed by atoms with Crippen molar-refractivity contribution in [3.8, 4) is 28.5 Å². The van der Waals surface area contributed by atoms with Gasteiger partial charge in [0.15, 0.2) is 0 Å². The highest BCUT2D eigenvalue weighted by Gasteiger charge is 2.08. The minimum absolute atomic E-state index is 0.0275. The van der Waals surface area contributed by atoms with E-state index in [1.807, 2.05) is 54.6 Å². The molecular formula is C21H21NO4. The second-order valence-electron chi connectivity index (χ2n) is 5.71. The fourth-order valence-electron chi connectivity index (χ4n) is 2.62. The average molecular weight is 351 g/mol. The normalized spacial score (nSPS) is 10.4. The first kappa shape index (κ1) is 17.8. The molecule has 0 aliphatic carbocycles. The molecule has 0 spiro atoms. The molecule has 1 N–H and O–H groups in total. The molecule has 1 heterocycles. The molecule has 2 aromatic carbocycles. The van der Waals surface area contributed by atoms with E-state index in [0.717, 1.165) is 22.3 Å². The SMILES string of the molecule is COc1cc(OCc2cccnc2OC)cc(-c2ccc(CO)cc2)c1. The number of nitrogens with zero attached hydrogens (tertiary/aromatic N) is 1. The zero-order chi connectivity index (χ0) is 18.4. The van der Waals surface area contributed by atoms with Crippen LogP contribution in [0.15, 0.2) is 60.8 Å². The van der Waals surface area contributed by atoms with Crippen LogP contribution < -0.4 is 14.2 Å². The highest BCUT2D eigenvalue weighted by molar-refractivity contribution is 5.67. The molecule has 26 heavy (non-hydrogen) atoms. The summed E-state index contributed by atoms with van der Waals surface area (Å²) in [6.45, 7) is 0.368. The lowest BCUT2D eigenvalue weighted by Crippen LogP contribution is -2.00. The monoisotopic (exact) mass is 351 g/mol. The summed E-state index contributed by atoms with van der Waals surface area (Å²) in [5.74, 6) is 1.95. The molecule has 0 aliphatic heterocycles. The number of hydrogen-bond donors (Lipinski definition) is 1. The summed E-state index contributed by atoms with van der Waals surface area (Å²) in [5, 5.41) is 9.19. The summed E-state index contributed by atoms with van der Waals surface area (Å²) < 4.78 is 16.6. The van der Waals surface area contributed by atoms with E-state index in [9.17, 15) is 5.11 Å². The number of benzene rings is 2. The Morgan fingerprint density at radius 3 is 2.35 bits per heavy atom. The van der Waals surface area contributed by atoms with E-state index >= 15 is 0 Å². The Balaban J connectivity index is 1.85. The third-order valence-corrected chi connectivity index (χ3v) is 4.02. The maximum absolute atomic E-state index is 9.19. The number of hydrogen-bond acceptors (Lipinski definition) is 5. The average Bonchev–Trinajstić information content (AvgIpc) is 2.72. The molecule has 0 fully saturated rings. The third kappa shape index (κ3) is 4.13. The van der Waals surface area contributed by atoms with Crippen molar-refractivity contribution in [2.75, 3.05) is 14.2 Å². The van der Waals surface area contributed by atoms with Crippen LogP contribution >= 0.6 is 0 Å². The third-order valence-electron chi connectivity index (χ3n) is 4.02. The van der Waals surface area contributed by atoms with Gasteiger partial charge in [0, 0.05) is 12.3 Å². The molecule has 0 unspecified atom stereocenters. The van der Waals surface area contributed by atoms with E-state index in [4.69, 9.17) is 14.2 Å². The zero-order valence-electron chi connectivity index (χ0n) is 14.8. The van der Waals surface area contributed by atoms with Crippen LogP contribution in [0.3, 0.4) is 0 Å². The fraction of sp³-hybridized carbons (Fsp3) is 0.190. The van der Waals surface area contributed by atoms with Crippen molar-refractivity contribution in [3.63, 3.8) is 0 Å². The van der Waals surface area contributed by atoms with Crippen LogP contribution in [0.1, 0.15) is 11.1 Å². The lowest BCUT2D eigenvalue weighted by Gasteiger charge is -2.12. The van der Waals surface area contributed by atoms with Gasteiger partial charge < -0.3 is 19.3 Å². The van der Waals surface area contributed by atoms with Gasteiger partial charge in [-0.3, -0.25) is 0 Å². The summed E-state index contributed by atoms with van der Waals surface area (Å²) in [7, 11) is 3.22. The summed E-state index contributed by atoms with van der Waals surface area (Å²) in [5.41, 5.74) is 3.73. The predicted molar refractivity (Wildman–Crippen MR) is 99.5 cm³/mol. The van der Waals surface area contributed by atoms with Crippen LogP contribution in [-0.4, -0.2) is 24.3 Å². The van der Waals surface area contributed by atoms with Crippen LogP contribution in [-0.2, 0) is 13.2 Å². The van der Waals surface area contributed by atoms with Gasteiger partial charge in [0.25, 0.3) is 0 Å². The van der Waals surface area contributed by atoms with Crippen molar-refractivity contribution in [1.82, 2.24) is 4.98 Å². The number of rotatable bonds is 7. The van der Waals surface area contributed by atoms with Gasteiger partial charge in [-0.05, 0) is 41.0 Å². The van der Waals surface area contributed by atoms with Gasteiger partial charge in [0.1, 0.15) is 18.1 Å². The van der Waals surface area contributed by atoms with Crippen LogP contribution in [0.4, 0.5) is 0 Å². The van der Waals surface area contributed by atoms with Crippen molar-refractivity contribution in [2.24, 2.45) is 0 Å². The highest BCUT2D eigenvalue weighted by Crippen LogP contribution is 2.31. The molecule has 0 saturated heterocycles. The second kappa shape index (κ2) is 8.36. The van der Waals surface area contributed by atoms with Crippen LogP contribution in [0.2, 0.25) is 0 Å². The Morgan fingerprint density at radius 2 is 1.65 bits per heavy atom. The summed E-state index contributed by atoms with van der Waals surface area (Å²) >= 11 is 0. The van der Waals surface area contributed by atoms with E-state index < -0.39 is 0 Å². The zero-order valence-corrected chi connectivity index (χ0v) is 14.8. The first-order chi connectivity index (χ1) is 12.7. The Bertz CT molecular complexity index is 862. The number of pyridine rings is 1. The molecular weight excluding hydrogens is 330 g/mol. The Kier molecular flexibility index (Phi) is 5.71. The van der Waals surface area contributed by atoms with Crippen LogP contribution in [0, 0.1) is 0 Å². The maximum atomic E-state index is 9.19. The molecule has 0 bridgehead atoms. The van der Waals surface area contributed by atoms with Gasteiger partial charge in [-0.15, -0.1) is 0 Å². The quantitative estimate of drug-likeness (QED) is 0.701. The summed E-state index contributed by atoms with van der Waals surface area (Å²) in [4.78, 5) is 4.18. The van der Waals surface area contributed by atoms with Crippen molar-refractivity contribution in [2.45, 2.75) is 13.2 Å². The van der Waals surface area contributed by atoms with E-state index in [1.165, 1.54) is 0 Å². The van der Waals surface area contributed by atoms with Crippen LogP contribution in [0.5, 0.6) is 17.4 Å². The molecule has 5 heteroatoms. The molecule has 0 radical (unpaired) electrons. The van der Waals surface area contributed by atoms with Gasteiger partial charge in [-0.2, -0.15) is 0 Å². The van der Waals surface area contributed by atoms with Gasteiger partial charge in [0.2, 0.25) is 5.88 Å². The minimum atomic E-state index is 0.0275. The topological polar surface area (TPSA) is 60.8 Å². The van der Waals surface area contributed by atoms with Gasteiger partial charge in [-0.25, -0.2) is 4.98 Å². The smallest absolute Gasteiger partial charge is 0.219 e. The number of ether oxygens (including phenoxy) is 3. The Hall–Kier alpha value is -3.05. The van der Waals surface area contributed by atoms with Crippen molar-refractivity contribution in [3.05, 3.63) is 71.9 Å². The van der Waals surface area contributed by atoms with E-state index in [0.29, 0.717) is 24.0 Å². The fourth-order valence-corrected chi connectivity index (χ4v) is 2.62. The van der Waals surface area contributed by atoms with Crippen molar-refractivity contribution >= 4 is 0 Å². The lowest BCUT2D eigenvalue weighted by molar-refractivity contribution is 0.282. The standard InChI is InChI=1S/C21H21NO4/c1-24-19-10-18(16-7-5-15(13-23)6-8-16)11-20(12-19)26-14-17-4-3-9-22-21(17)25-2/h3-12,23H,13-14H2,1-2H3. The van der Waals surface area contributed by atoms with E-state index in [2.05, 4.69) is 4.98 Å². The molecule has 1 aromatic heterocycles. The lowest BCUT2D eigenvalue weighted by atomic mass is 10.0. The molecule has 5 nitrogen and oxygen atoms in total. The number of aliphatic hydroxyl groups is 1. The number of aliphatic hydroxyl groups excluding tert-OH is 1. The number of methoxy groups -OCH3 is 2. The van der Waals surface area contributed by atoms with Crippen molar-refractivity contribution < 1.29 is 19.3 Å². The molecule has 3 aromatic rings. The molecule has 0 atom stereocenters. The summed E-state index contributed by atoms with van der Waals surface area (Å²) in [6.07, 6.45) is 1.68. The first-order valence-electron chi connectivity index (χ1n) is 8.23. The molecule has 0 saturated carbocycles. The maximum Gasteiger partial charge on any atom is 0.219 e. The van der Waals surface area contributed by atoms with Crippen molar-refractivity contribution in [1.29, 1.82) is 0 Å².